The highest BCUT2D eigenvalue weighted by molar-refractivity contribution is 6.09. The molecule has 2 rings (SSSR count). The molecule has 0 saturated carbocycles. The first kappa shape index (κ1) is 17.6. The first-order valence-corrected chi connectivity index (χ1v) is 7.95. The maximum absolute atomic E-state index is 5.93. The number of nitrogens with two attached hydrogens (primary N) is 2. The third-order valence-electron chi connectivity index (χ3n) is 3.63. The number of rotatable bonds is 7. The monoisotopic (exact) mass is 324 g/mol. The highest BCUT2D eigenvalue weighted by Gasteiger charge is 2.06. The predicted octanol–water partition coefficient (Wildman–Crippen LogP) is 2.29. The zero-order chi connectivity index (χ0) is 17.4. The van der Waals surface area contributed by atoms with Crippen LogP contribution in [-0.4, -0.2) is 35.8 Å². The number of hydrogen-bond acceptors (Lipinski definition) is 6. The first-order valence-electron chi connectivity index (χ1n) is 7.95. The molecule has 1 aromatic carbocycles. The van der Waals surface area contributed by atoms with Crippen molar-refractivity contribution in [3.63, 3.8) is 0 Å². The molecule has 0 radical (unpaired) electrons. The Morgan fingerprint density at radius 2 is 2.21 bits per heavy atom. The Balaban J connectivity index is 2.25. The summed E-state index contributed by atoms with van der Waals surface area (Å²) in [5.41, 5.74) is 14.3. The summed E-state index contributed by atoms with van der Waals surface area (Å²) in [6.07, 6.45) is 5.92. The van der Waals surface area contributed by atoms with Crippen molar-refractivity contribution in [3.8, 4) is 11.4 Å². The molecule has 0 saturated heterocycles. The molecule has 1 unspecified atom stereocenters. The molecule has 1 heterocycles. The van der Waals surface area contributed by atoms with Gasteiger partial charge in [-0.05, 0) is 24.1 Å². The maximum atomic E-state index is 5.93. The van der Waals surface area contributed by atoms with Crippen LogP contribution in [0, 0.1) is 0 Å². The number of allylic oxidation sites excluding steroid dienone is 1. The molecule has 1 aromatic heterocycles. The summed E-state index contributed by atoms with van der Waals surface area (Å²) in [4.78, 5) is 12.9. The van der Waals surface area contributed by atoms with Gasteiger partial charge in [-0.3, -0.25) is 4.99 Å². The highest BCUT2D eigenvalue weighted by Crippen LogP contribution is 2.21. The van der Waals surface area contributed by atoms with Crippen molar-refractivity contribution in [2.75, 3.05) is 18.9 Å². The number of nitrogens with one attached hydrogen (secondary N) is 1. The van der Waals surface area contributed by atoms with Crippen LogP contribution in [0.1, 0.15) is 18.9 Å². The van der Waals surface area contributed by atoms with Crippen molar-refractivity contribution in [2.24, 2.45) is 16.5 Å². The molecule has 24 heavy (non-hydrogen) atoms. The van der Waals surface area contributed by atoms with Gasteiger partial charge in [0, 0.05) is 49.4 Å². The lowest BCUT2D eigenvalue weighted by Crippen LogP contribution is -2.28. The Hall–Kier alpha value is -2.73. The summed E-state index contributed by atoms with van der Waals surface area (Å²) in [7, 11) is 1.71. The molecule has 0 aliphatic rings. The van der Waals surface area contributed by atoms with E-state index in [2.05, 4.69) is 27.2 Å². The van der Waals surface area contributed by atoms with Gasteiger partial charge in [-0.2, -0.15) is 0 Å². The highest BCUT2D eigenvalue weighted by atomic mass is 15.0. The van der Waals surface area contributed by atoms with Crippen LogP contribution >= 0.6 is 0 Å². The Bertz CT molecular complexity index is 723. The van der Waals surface area contributed by atoms with Crippen molar-refractivity contribution in [1.82, 2.24) is 9.97 Å². The van der Waals surface area contributed by atoms with Gasteiger partial charge in [0.05, 0.1) is 0 Å². The van der Waals surface area contributed by atoms with E-state index in [1.165, 1.54) is 6.20 Å². The molecule has 6 heteroatoms. The van der Waals surface area contributed by atoms with Crippen LogP contribution in [0.15, 0.2) is 47.7 Å². The van der Waals surface area contributed by atoms with E-state index in [-0.39, 0.29) is 6.04 Å². The van der Waals surface area contributed by atoms with E-state index in [4.69, 9.17) is 11.5 Å². The molecular weight excluding hydrogens is 300 g/mol. The van der Waals surface area contributed by atoms with Gasteiger partial charge in [0.1, 0.15) is 5.82 Å². The fourth-order valence-corrected chi connectivity index (χ4v) is 2.17. The molecule has 1 atom stereocenters. The minimum atomic E-state index is 0.109. The van der Waals surface area contributed by atoms with Gasteiger partial charge in [0.15, 0.2) is 5.82 Å². The second-order valence-electron chi connectivity index (χ2n) is 5.40. The number of aliphatic imine (C=N–C) groups is 1. The fraction of sp³-hybridized carbons (Fsp3) is 0.278. The van der Waals surface area contributed by atoms with E-state index in [9.17, 15) is 0 Å². The summed E-state index contributed by atoms with van der Waals surface area (Å²) in [5, 5.41) is 3.25. The second kappa shape index (κ2) is 8.79. The zero-order valence-electron chi connectivity index (χ0n) is 14.1. The van der Waals surface area contributed by atoms with Gasteiger partial charge in [-0.1, -0.05) is 25.1 Å². The van der Waals surface area contributed by atoms with E-state index in [1.54, 1.807) is 19.5 Å². The summed E-state index contributed by atoms with van der Waals surface area (Å²) in [6, 6.07) is 9.84. The van der Waals surface area contributed by atoms with E-state index < -0.39 is 0 Å². The Morgan fingerprint density at radius 3 is 2.92 bits per heavy atom. The first-order chi connectivity index (χ1) is 11.7. The van der Waals surface area contributed by atoms with Gasteiger partial charge in [-0.15, -0.1) is 0 Å². The third kappa shape index (κ3) is 4.63. The average molecular weight is 324 g/mol. The molecule has 0 aliphatic carbocycles. The number of aromatic nitrogens is 2. The molecular formula is C18H24N6. The van der Waals surface area contributed by atoms with Gasteiger partial charge < -0.3 is 16.8 Å². The molecule has 0 amide bonds. The average Bonchev–Trinajstić information content (AvgIpc) is 2.64. The minimum absolute atomic E-state index is 0.109. The lowest BCUT2D eigenvalue weighted by atomic mass is 10.0. The van der Waals surface area contributed by atoms with Crippen LogP contribution in [0.4, 0.5) is 5.82 Å². The molecule has 0 spiro atoms. The van der Waals surface area contributed by atoms with Gasteiger partial charge in [-0.25, -0.2) is 9.97 Å². The SMILES string of the molecule is CCC(N)CNc1ccnc(-c2cccc(C(C=NC)=CN)c2)n1. The quantitative estimate of drug-likeness (QED) is 0.678. The van der Waals surface area contributed by atoms with Crippen molar-refractivity contribution >= 4 is 17.6 Å². The van der Waals surface area contributed by atoms with E-state index >= 15 is 0 Å². The summed E-state index contributed by atoms with van der Waals surface area (Å²) < 4.78 is 0. The molecule has 0 fully saturated rings. The van der Waals surface area contributed by atoms with Crippen molar-refractivity contribution in [3.05, 3.63) is 48.3 Å². The topological polar surface area (TPSA) is 102 Å². The lowest BCUT2D eigenvalue weighted by Gasteiger charge is -2.11. The normalized spacial score (nSPS) is 13.2. The smallest absolute Gasteiger partial charge is 0.161 e. The predicted molar refractivity (Wildman–Crippen MR) is 101 cm³/mol. The van der Waals surface area contributed by atoms with Crippen LogP contribution in [0.3, 0.4) is 0 Å². The third-order valence-corrected chi connectivity index (χ3v) is 3.63. The Kier molecular flexibility index (Phi) is 6.45. The molecule has 5 N–H and O–H groups in total. The number of hydrogen-bond donors (Lipinski definition) is 3. The molecule has 6 nitrogen and oxygen atoms in total. The standard InChI is InChI=1S/C18H24N6/c1-3-16(20)12-23-17-7-8-22-18(24-17)14-6-4-5-13(9-14)15(10-19)11-21-2/h4-11,16H,3,12,19-20H2,1-2H3,(H,22,23,24). The van der Waals surface area contributed by atoms with Crippen LogP contribution in [0.25, 0.3) is 17.0 Å². The van der Waals surface area contributed by atoms with Crippen LogP contribution in [-0.2, 0) is 0 Å². The van der Waals surface area contributed by atoms with Crippen molar-refractivity contribution in [2.45, 2.75) is 19.4 Å². The molecule has 126 valence electrons. The van der Waals surface area contributed by atoms with Crippen molar-refractivity contribution < 1.29 is 0 Å². The van der Waals surface area contributed by atoms with E-state index in [1.807, 2.05) is 30.3 Å². The number of benzene rings is 1. The lowest BCUT2D eigenvalue weighted by molar-refractivity contribution is 0.678. The van der Waals surface area contributed by atoms with Crippen LogP contribution < -0.4 is 16.8 Å². The van der Waals surface area contributed by atoms with Gasteiger partial charge in [0.25, 0.3) is 0 Å². The van der Waals surface area contributed by atoms with E-state index in [0.717, 1.165) is 28.9 Å². The summed E-state index contributed by atoms with van der Waals surface area (Å²) in [5.74, 6) is 1.41. The van der Waals surface area contributed by atoms with Gasteiger partial charge in [0.2, 0.25) is 0 Å². The molecule has 2 aromatic rings. The van der Waals surface area contributed by atoms with Crippen LogP contribution in [0.2, 0.25) is 0 Å². The fourth-order valence-electron chi connectivity index (χ4n) is 2.17. The Morgan fingerprint density at radius 1 is 1.38 bits per heavy atom. The largest absolute Gasteiger partial charge is 0.404 e. The zero-order valence-corrected chi connectivity index (χ0v) is 14.1. The number of anilines is 1. The Labute approximate surface area is 142 Å². The molecule has 0 bridgehead atoms. The van der Waals surface area contributed by atoms with Crippen molar-refractivity contribution in [1.29, 1.82) is 0 Å². The summed E-state index contributed by atoms with van der Waals surface area (Å²) in [6.45, 7) is 2.74. The van der Waals surface area contributed by atoms with Gasteiger partial charge >= 0.3 is 0 Å². The maximum Gasteiger partial charge on any atom is 0.161 e. The molecule has 0 aliphatic heterocycles. The van der Waals surface area contributed by atoms with Crippen LogP contribution in [0.5, 0.6) is 0 Å². The second-order valence-corrected chi connectivity index (χ2v) is 5.40. The number of nitrogens with zero attached hydrogens (tertiary/aromatic N) is 3. The summed E-state index contributed by atoms with van der Waals surface area (Å²) >= 11 is 0. The minimum Gasteiger partial charge on any atom is -0.404 e. The van der Waals surface area contributed by atoms with E-state index in [0.29, 0.717) is 12.4 Å².